The summed E-state index contributed by atoms with van der Waals surface area (Å²) in [5.41, 5.74) is 3.60. The Balaban J connectivity index is 1.61. The van der Waals surface area contributed by atoms with Crippen LogP contribution in [-0.4, -0.2) is 33.3 Å². The van der Waals surface area contributed by atoms with Gasteiger partial charge in [0.2, 0.25) is 0 Å². The summed E-state index contributed by atoms with van der Waals surface area (Å²) in [6.45, 7) is 0.410. The lowest BCUT2D eigenvalue weighted by atomic mass is 10.1. The highest BCUT2D eigenvalue weighted by Gasteiger charge is 2.10. The van der Waals surface area contributed by atoms with Gasteiger partial charge < -0.3 is 15.3 Å². The van der Waals surface area contributed by atoms with Crippen LogP contribution in [0.3, 0.4) is 0 Å². The Morgan fingerprint density at radius 2 is 2.00 bits per heavy atom. The lowest BCUT2D eigenvalue weighted by Crippen LogP contribution is -2.30. The molecule has 1 heterocycles. The van der Waals surface area contributed by atoms with E-state index in [-0.39, 0.29) is 11.8 Å². The number of carbonyl (C=O) groups excluding carboxylic acids is 1. The van der Waals surface area contributed by atoms with E-state index in [0.29, 0.717) is 6.54 Å². The highest BCUT2D eigenvalue weighted by Crippen LogP contribution is 2.20. The fourth-order valence-corrected chi connectivity index (χ4v) is 2.37. The average Bonchev–Trinajstić information content (AvgIpc) is 3.10. The van der Waals surface area contributed by atoms with Gasteiger partial charge in [0.05, 0.1) is 6.20 Å². The van der Waals surface area contributed by atoms with Crippen LogP contribution < -0.4 is 5.32 Å². The molecule has 0 aliphatic rings. The molecule has 0 bridgehead atoms. The van der Waals surface area contributed by atoms with Gasteiger partial charge in [-0.3, -0.25) is 5.10 Å². The summed E-state index contributed by atoms with van der Waals surface area (Å²) in [6, 6.07) is 14.2. The standard InChI is InChI=1S/C18H18N4O2/c1-22(12-13-3-2-4-17(23)9-13)18(24)21-16-7-5-14(6-8-16)15-10-19-20-11-15/h2-11,23H,12H2,1H3,(H,19,20)(H,21,24). The Bertz CT molecular complexity index is 813. The van der Waals surface area contributed by atoms with Crippen LogP contribution in [0.4, 0.5) is 10.5 Å². The molecule has 0 saturated carbocycles. The van der Waals surface area contributed by atoms with Crippen molar-refractivity contribution in [3.63, 3.8) is 0 Å². The maximum atomic E-state index is 12.3. The van der Waals surface area contributed by atoms with Gasteiger partial charge in [0.15, 0.2) is 0 Å². The molecule has 3 N–H and O–H groups in total. The van der Waals surface area contributed by atoms with Gasteiger partial charge in [-0.2, -0.15) is 5.10 Å². The molecule has 6 nitrogen and oxygen atoms in total. The number of urea groups is 1. The van der Waals surface area contributed by atoms with E-state index in [9.17, 15) is 9.90 Å². The second kappa shape index (κ2) is 6.87. The SMILES string of the molecule is CN(Cc1cccc(O)c1)C(=O)Nc1ccc(-c2cn[nH]c2)cc1. The summed E-state index contributed by atoms with van der Waals surface area (Å²) in [7, 11) is 1.71. The first-order valence-corrected chi connectivity index (χ1v) is 7.51. The molecule has 6 heteroatoms. The number of phenolic OH excluding ortho intramolecular Hbond substituents is 1. The number of benzene rings is 2. The number of carbonyl (C=O) groups is 1. The summed E-state index contributed by atoms with van der Waals surface area (Å²) in [6.07, 6.45) is 3.56. The number of aromatic amines is 1. The Morgan fingerprint density at radius 1 is 1.21 bits per heavy atom. The van der Waals surface area contributed by atoms with Crippen LogP contribution >= 0.6 is 0 Å². The molecule has 24 heavy (non-hydrogen) atoms. The van der Waals surface area contributed by atoms with Gasteiger partial charge in [-0.05, 0) is 35.4 Å². The smallest absolute Gasteiger partial charge is 0.321 e. The number of rotatable bonds is 4. The van der Waals surface area contributed by atoms with Crippen LogP contribution in [0.15, 0.2) is 60.9 Å². The highest BCUT2D eigenvalue weighted by molar-refractivity contribution is 5.89. The normalized spacial score (nSPS) is 10.4. The van der Waals surface area contributed by atoms with Crippen LogP contribution in [0.2, 0.25) is 0 Å². The number of nitrogens with one attached hydrogen (secondary N) is 2. The molecule has 0 aliphatic carbocycles. The molecule has 0 aliphatic heterocycles. The van der Waals surface area contributed by atoms with Crippen LogP contribution in [0, 0.1) is 0 Å². The number of amides is 2. The second-order valence-corrected chi connectivity index (χ2v) is 5.52. The number of nitrogens with zero attached hydrogens (tertiary/aromatic N) is 2. The number of hydrogen-bond donors (Lipinski definition) is 3. The van der Waals surface area contributed by atoms with E-state index < -0.39 is 0 Å². The Hall–Kier alpha value is -3.28. The zero-order valence-corrected chi connectivity index (χ0v) is 13.2. The van der Waals surface area contributed by atoms with Crippen molar-refractivity contribution in [2.75, 3.05) is 12.4 Å². The minimum Gasteiger partial charge on any atom is -0.508 e. The molecule has 0 spiro atoms. The predicted molar refractivity (Wildman–Crippen MR) is 92.6 cm³/mol. The van der Waals surface area contributed by atoms with Crippen LogP contribution in [0.1, 0.15) is 5.56 Å². The van der Waals surface area contributed by atoms with Crippen LogP contribution in [0.5, 0.6) is 5.75 Å². The molecular formula is C18H18N4O2. The maximum Gasteiger partial charge on any atom is 0.321 e. The first-order valence-electron chi connectivity index (χ1n) is 7.51. The quantitative estimate of drug-likeness (QED) is 0.688. The Labute approximate surface area is 139 Å². The lowest BCUT2D eigenvalue weighted by Gasteiger charge is -2.18. The molecule has 0 unspecified atom stereocenters. The number of aromatic nitrogens is 2. The molecule has 0 radical (unpaired) electrons. The molecule has 2 aromatic carbocycles. The molecule has 0 fully saturated rings. The number of H-pyrrole nitrogens is 1. The minimum absolute atomic E-state index is 0.191. The highest BCUT2D eigenvalue weighted by atomic mass is 16.3. The van der Waals surface area contributed by atoms with Crippen molar-refractivity contribution >= 4 is 11.7 Å². The lowest BCUT2D eigenvalue weighted by molar-refractivity contribution is 0.220. The van der Waals surface area contributed by atoms with Gasteiger partial charge in [-0.1, -0.05) is 24.3 Å². The topological polar surface area (TPSA) is 81.2 Å². The van der Waals surface area contributed by atoms with Crippen molar-refractivity contribution in [1.29, 1.82) is 0 Å². The summed E-state index contributed by atoms with van der Waals surface area (Å²) < 4.78 is 0. The van der Waals surface area contributed by atoms with Crippen molar-refractivity contribution in [1.82, 2.24) is 15.1 Å². The van der Waals surface area contributed by atoms with Gasteiger partial charge in [-0.15, -0.1) is 0 Å². The van der Waals surface area contributed by atoms with E-state index in [0.717, 1.165) is 22.4 Å². The average molecular weight is 322 g/mol. The van der Waals surface area contributed by atoms with E-state index in [1.165, 1.54) is 0 Å². The van der Waals surface area contributed by atoms with E-state index in [4.69, 9.17) is 0 Å². The first kappa shape index (κ1) is 15.6. The molecular weight excluding hydrogens is 304 g/mol. The maximum absolute atomic E-state index is 12.3. The van der Waals surface area contributed by atoms with Crippen molar-refractivity contribution in [2.45, 2.75) is 6.54 Å². The summed E-state index contributed by atoms with van der Waals surface area (Å²) in [5, 5.41) is 19.0. The van der Waals surface area contributed by atoms with Crippen molar-refractivity contribution in [3.8, 4) is 16.9 Å². The summed E-state index contributed by atoms with van der Waals surface area (Å²) in [4.78, 5) is 13.8. The van der Waals surface area contributed by atoms with E-state index in [1.807, 2.05) is 36.5 Å². The third-order valence-electron chi connectivity index (χ3n) is 3.64. The van der Waals surface area contributed by atoms with Crippen LogP contribution in [0.25, 0.3) is 11.1 Å². The molecule has 3 rings (SSSR count). The number of hydrogen-bond acceptors (Lipinski definition) is 3. The fraction of sp³-hybridized carbons (Fsp3) is 0.111. The zero-order valence-electron chi connectivity index (χ0n) is 13.2. The molecule has 122 valence electrons. The summed E-state index contributed by atoms with van der Waals surface area (Å²) in [5.74, 6) is 0.191. The van der Waals surface area contributed by atoms with Gasteiger partial charge in [0, 0.05) is 31.0 Å². The van der Waals surface area contributed by atoms with Crippen molar-refractivity contribution in [3.05, 3.63) is 66.5 Å². The fourth-order valence-electron chi connectivity index (χ4n) is 2.37. The third kappa shape index (κ3) is 3.73. The van der Waals surface area contributed by atoms with Gasteiger partial charge in [-0.25, -0.2) is 4.79 Å². The molecule has 1 aromatic heterocycles. The van der Waals surface area contributed by atoms with E-state index in [2.05, 4.69) is 15.5 Å². The zero-order chi connectivity index (χ0) is 16.9. The Kier molecular flexibility index (Phi) is 4.47. The monoisotopic (exact) mass is 322 g/mol. The van der Waals surface area contributed by atoms with Gasteiger partial charge in [0.25, 0.3) is 0 Å². The molecule has 0 saturated heterocycles. The third-order valence-corrected chi connectivity index (χ3v) is 3.64. The predicted octanol–water partition coefficient (Wildman–Crippen LogP) is 3.45. The van der Waals surface area contributed by atoms with E-state index >= 15 is 0 Å². The Morgan fingerprint density at radius 3 is 2.67 bits per heavy atom. The number of phenols is 1. The molecule has 2 amide bonds. The van der Waals surface area contributed by atoms with E-state index in [1.54, 1.807) is 36.3 Å². The molecule has 0 atom stereocenters. The number of anilines is 1. The van der Waals surface area contributed by atoms with Crippen molar-refractivity contribution in [2.24, 2.45) is 0 Å². The van der Waals surface area contributed by atoms with Crippen molar-refractivity contribution < 1.29 is 9.90 Å². The van der Waals surface area contributed by atoms with Gasteiger partial charge >= 0.3 is 6.03 Å². The summed E-state index contributed by atoms with van der Waals surface area (Å²) >= 11 is 0. The molecule has 3 aromatic rings. The second-order valence-electron chi connectivity index (χ2n) is 5.52. The van der Waals surface area contributed by atoms with Crippen LogP contribution in [-0.2, 0) is 6.54 Å². The minimum atomic E-state index is -0.214. The van der Waals surface area contributed by atoms with Gasteiger partial charge in [0.1, 0.15) is 5.75 Å². The first-order chi connectivity index (χ1) is 11.6. The number of aromatic hydroxyl groups is 1. The largest absolute Gasteiger partial charge is 0.508 e.